The van der Waals surface area contributed by atoms with Crippen LogP contribution in [0.2, 0.25) is 0 Å². The van der Waals surface area contributed by atoms with E-state index in [1.807, 2.05) is 24.3 Å². The molecule has 0 radical (unpaired) electrons. The molecule has 2 aromatic rings. The van der Waals surface area contributed by atoms with Gasteiger partial charge in [-0.1, -0.05) is 48.2 Å². The van der Waals surface area contributed by atoms with Gasteiger partial charge < -0.3 is 20.0 Å². The molecule has 9 heteroatoms. The number of nitrogens with zero attached hydrogens (tertiary/aromatic N) is 1. The highest BCUT2D eigenvalue weighted by atomic mass is 32.2. The third-order valence-corrected chi connectivity index (χ3v) is 5.85. The second kappa shape index (κ2) is 10.2. The summed E-state index contributed by atoms with van der Waals surface area (Å²) in [5.74, 6) is -0.954. The van der Waals surface area contributed by atoms with Gasteiger partial charge in [-0.05, 0) is 47.9 Å². The van der Waals surface area contributed by atoms with Gasteiger partial charge in [-0.25, -0.2) is 0 Å². The van der Waals surface area contributed by atoms with Crippen molar-refractivity contribution < 1.29 is 24.2 Å². The zero-order chi connectivity index (χ0) is 22.4. The number of hydrogen-bond acceptors (Lipinski definition) is 7. The number of anilines is 1. The highest BCUT2D eigenvalue weighted by Crippen LogP contribution is 2.33. The monoisotopic (exact) mass is 455 g/mol. The Bertz CT molecular complexity index is 1030. The van der Waals surface area contributed by atoms with Gasteiger partial charge in [-0.15, -0.1) is 0 Å². The topological polar surface area (TPSA) is 98.8 Å². The van der Waals surface area contributed by atoms with E-state index in [1.165, 1.54) is 40.9 Å². The van der Waals surface area contributed by atoms with E-state index < -0.39 is 5.97 Å². The average molecular weight is 456 g/mol. The third-order valence-electron chi connectivity index (χ3n) is 4.48. The van der Waals surface area contributed by atoms with Crippen LogP contribution in [0.4, 0.5) is 5.69 Å². The molecular formula is C22H19N2O5S2-. The predicted octanol–water partition coefficient (Wildman–Crippen LogP) is 2.68. The predicted molar refractivity (Wildman–Crippen MR) is 122 cm³/mol. The molecule has 1 aliphatic heterocycles. The molecule has 0 aromatic heterocycles. The fraction of sp³-hybridized carbons (Fsp3) is 0.182. The molecule has 3 rings (SSSR count). The van der Waals surface area contributed by atoms with Crippen LogP contribution in [0.3, 0.4) is 0 Å². The molecule has 1 aliphatic rings. The zero-order valence-corrected chi connectivity index (χ0v) is 18.3. The van der Waals surface area contributed by atoms with Crippen molar-refractivity contribution in [2.45, 2.75) is 12.8 Å². The van der Waals surface area contributed by atoms with Crippen molar-refractivity contribution in [1.29, 1.82) is 0 Å². The second-order valence-electron chi connectivity index (χ2n) is 6.62. The van der Waals surface area contributed by atoms with Crippen LogP contribution in [0, 0.1) is 0 Å². The van der Waals surface area contributed by atoms with Crippen LogP contribution in [-0.2, 0) is 9.59 Å². The molecule has 160 valence electrons. The Balaban J connectivity index is 1.51. The van der Waals surface area contributed by atoms with Crippen molar-refractivity contribution in [2.24, 2.45) is 0 Å². The fourth-order valence-electron chi connectivity index (χ4n) is 2.86. The van der Waals surface area contributed by atoms with Crippen LogP contribution >= 0.6 is 24.0 Å². The summed E-state index contributed by atoms with van der Waals surface area (Å²) in [5.41, 5.74) is 1.39. The van der Waals surface area contributed by atoms with Gasteiger partial charge in [-0.3, -0.25) is 14.5 Å². The molecule has 1 saturated heterocycles. The van der Waals surface area contributed by atoms with Gasteiger partial charge in [0.25, 0.3) is 5.91 Å². The molecule has 2 aromatic carbocycles. The number of carboxylic acid groups (broad SMARTS) is 1. The minimum absolute atomic E-state index is 0.0371. The molecule has 0 spiro atoms. The number of rotatable bonds is 8. The van der Waals surface area contributed by atoms with E-state index in [-0.39, 0.29) is 23.8 Å². The van der Waals surface area contributed by atoms with Gasteiger partial charge in [0.15, 0.2) is 0 Å². The van der Waals surface area contributed by atoms with Gasteiger partial charge in [0.1, 0.15) is 10.1 Å². The molecule has 0 unspecified atom stereocenters. The number of methoxy groups -OCH3 is 1. The lowest BCUT2D eigenvalue weighted by atomic mass is 10.2. The standard InChI is InChI=1S/C22H20N2O5S2/c1-29-17-10-4-14(5-11-17)13-18-20(26)24(22(30)31-18)12-2-3-19(25)23-16-8-6-15(7-9-16)21(27)28/h4-11,13H,2-3,12H2,1H3,(H,23,25)(H,27,28)/p-1/b18-13-. The summed E-state index contributed by atoms with van der Waals surface area (Å²) in [4.78, 5) is 37.6. The maximum absolute atomic E-state index is 12.7. The smallest absolute Gasteiger partial charge is 0.266 e. The van der Waals surface area contributed by atoms with Crippen LogP contribution in [-0.4, -0.2) is 40.7 Å². The van der Waals surface area contributed by atoms with E-state index >= 15 is 0 Å². The Morgan fingerprint density at radius 3 is 2.45 bits per heavy atom. The summed E-state index contributed by atoms with van der Waals surface area (Å²) in [6.07, 6.45) is 2.41. The first-order valence-corrected chi connectivity index (χ1v) is 10.6. The average Bonchev–Trinajstić information content (AvgIpc) is 3.02. The number of thioether (sulfide) groups is 1. The SMILES string of the molecule is COc1ccc(/C=C2\SC(=S)N(CCCC(=O)Nc3ccc(C(=O)[O-])cc3)C2=O)cc1. The van der Waals surface area contributed by atoms with Crippen molar-refractivity contribution in [3.8, 4) is 5.75 Å². The first kappa shape index (κ1) is 22.5. The lowest BCUT2D eigenvalue weighted by molar-refractivity contribution is -0.255. The number of aromatic carboxylic acids is 1. The molecule has 1 fully saturated rings. The minimum atomic E-state index is -1.28. The van der Waals surface area contributed by atoms with Crippen LogP contribution < -0.4 is 15.2 Å². The van der Waals surface area contributed by atoms with Crippen LogP contribution in [0.15, 0.2) is 53.4 Å². The summed E-state index contributed by atoms with van der Waals surface area (Å²) >= 11 is 6.56. The van der Waals surface area contributed by atoms with E-state index in [4.69, 9.17) is 17.0 Å². The number of carbonyl (C=O) groups excluding carboxylic acids is 3. The second-order valence-corrected chi connectivity index (χ2v) is 8.30. The molecule has 0 atom stereocenters. The van der Waals surface area contributed by atoms with Gasteiger partial charge >= 0.3 is 0 Å². The van der Waals surface area contributed by atoms with Gasteiger partial charge in [0.2, 0.25) is 5.91 Å². The normalized spacial score (nSPS) is 14.7. The first-order chi connectivity index (χ1) is 14.9. The van der Waals surface area contributed by atoms with Crippen molar-refractivity contribution in [3.63, 3.8) is 0 Å². The van der Waals surface area contributed by atoms with E-state index in [2.05, 4.69) is 5.32 Å². The van der Waals surface area contributed by atoms with Crippen molar-refractivity contribution >= 4 is 57.8 Å². The van der Waals surface area contributed by atoms with E-state index in [0.717, 1.165) is 11.3 Å². The molecule has 7 nitrogen and oxygen atoms in total. The fourth-order valence-corrected chi connectivity index (χ4v) is 4.16. The number of benzene rings is 2. The first-order valence-electron chi connectivity index (χ1n) is 9.38. The summed E-state index contributed by atoms with van der Waals surface area (Å²) in [6, 6.07) is 13.1. The summed E-state index contributed by atoms with van der Waals surface area (Å²) in [7, 11) is 1.59. The largest absolute Gasteiger partial charge is 0.545 e. The van der Waals surface area contributed by atoms with Crippen molar-refractivity contribution in [3.05, 3.63) is 64.6 Å². The Morgan fingerprint density at radius 2 is 1.84 bits per heavy atom. The van der Waals surface area contributed by atoms with Crippen LogP contribution in [0.5, 0.6) is 5.75 Å². The minimum Gasteiger partial charge on any atom is -0.545 e. The Morgan fingerprint density at radius 1 is 1.16 bits per heavy atom. The van der Waals surface area contributed by atoms with E-state index in [9.17, 15) is 19.5 Å². The van der Waals surface area contributed by atoms with Gasteiger partial charge in [-0.2, -0.15) is 0 Å². The highest BCUT2D eigenvalue weighted by Gasteiger charge is 2.31. The number of carbonyl (C=O) groups is 3. The summed E-state index contributed by atoms with van der Waals surface area (Å²) in [6.45, 7) is 0.335. The number of hydrogen-bond donors (Lipinski definition) is 1. The summed E-state index contributed by atoms with van der Waals surface area (Å²) < 4.78 is 5.59. The maximum Gasteiger partial charge on any atom is 0.266 e. The van der Waals surface area contributed by atoms with Crippen LogP contribution in [0.1, 0.15) is 28.8 Å². The number of thiocarbonyl (C=S) groups is 1. The Labute approximate surface area is 189 Å². The lowest BCUT2D eigenvalue weighted by Crippen LogP contribution is -2.29. The van der Waals surface area contributed by atoms with Gasteiger partial charge in [0.05, 0.1) is 18.0 Å². The Kier molecular flexibility index (Phi) is 7.43. The van der Waals surface area contributed by atoms with Crippen molar-refractivity contribution in [1.82, 2.24) is 4.90 Å². The van der Waals surface area contributed by atoms with E-state index in [0.29, 0.717) is 27.9 Å². The molecular weight excluding hydrogens is 436 g/mol. The molecule has 1 heterocycles. The number of amides is 2. The molecule has 31 heavy (non-hydrogen) atoms. The number of carboxylic acids is 1. The highest BCUT2D eigenvalue weighted by molar-refractivity contribution is 8.26. The summed E-state index contributed by atoms with van der Waals surface area (Å²) in [5, 5.41) is 13.4. The number of ether oxygens (including phenoxy) is 1. The molecule has 1 N–H and O–H groups in total. The maximum atomic E-state index is 12.7. The molecule has 2 amide bonds. The van der Waals surface area contributed by atoms with Crippen molar-refractivity contribution in [2.75, 3.05) is 19.0 Å². The Hall–Kier alpha value is -3.17. The van der Waals surface area contributed by atoms with Crippen LogP contribution in [0.25, 0.3) is 6.08 Å². The number of nitrogens with one attached hydrogen (secondary N) is 1. The quantitative estimate of drug-likeness (QED) is 0.483. The van der Waals surface area contributed by atoms with Gasteiger partial charge in [0, 0.05) is 18.7 Å². The zero-order valence-electron chi connectivity index (χ0n) is 16.6. The lowest BCUT2D eigenvalue weighted by Gasteiger charge is -2.14. The molecule has 0 bridgehead atoms. The molecule has 0 aliphatic carbocycles. The van der Waals surface area contributed by atoms with E-state index in [1.54, 1.807) is 13.2 Å². The third kappa shape index (κ3) is 5.93. The molecule has 0 saturated carbocycles.